The highest BCUT2D eigenvalue weighted by Crippen LogP contribution is 2.19. The van der Waals surface area contributed by atoms with Gasteiger partial charge in [0, 0.05) is 5.56 Å². The van der Waals surface area contributed by atoms with Crippen LogP contribution in [0.3, 0.4) is 0 Å². The molecule has 0 bridgehead atoms. The molecule has 0 aliphatic heterocycles. The number of halogens is 1. The quantitative estimate of drug-likeness (QED) is 0.541. The third-order valence-corrected chi connectivity index (χ3v) is 2.55. The minimum atomic E-state index is 0.711. The third kappa shape index (κ3) is 2.74. The van der Waals surface area contributed by atoms with Gasteiger partial charge in [0.15, 0.2) is 0 Å². The van der Waals surface area contributed by atoms with E-state index in [2.05, 4.69) is 52.0 Å². The highest BCUT2D eigenvalue weighted by Gasteiger charge is 1.96. The minimum absolute atomic E-state index is 0.711. The van der Waals surface area contributed by atoms with E-state index in [-0.39, 0.29) is 0 Å². The van der Waals surface area contributed by atoms with Gasteiger partial charge >= 0.3 is 0 Å². The van der Waals surface area contributed by atoms with Gasteiger partial charge in [-0.1, -0.05) is 70.2 Å². The van der Waals surface area contributed by atoms with Gasteiger partial charge in [0.2, 0.25) is 0 Å². The molecule has 2 aromatic carbocycles. The average Bonchev–Trinajstić information content (AvgIpc) is 2.38. The Hall–Kier alpha value is -1.52. The molecule has 0 aliphatic rings. The number of hydrogen-bond acceptors (Lipinski definition) is 0. The second-order valence-electron chi connectivity index (χ2n) is 3.38. The van der Waals surface area contributed by atoms with Gasteiger partial charge in [-0.25, -0.2) is 0 Å². The molecule has 0 saturated heterocycles. The summed E-state index contributed by atoms with van der Waals surface area (Å²) < 4.78 is 0. The number of rotatable bonds is 1. The van der Waals surface area contributed by atoms with Crippen LogP contribution in [0, 0.1) is 11.8 Å². The SMILES string of the molecule is BrCC#Cc1cccc(-c2ccccc2)c1. The summed E-state index contributed by atoms with van der Waals surface area (Å²) >= 11 is 3.30. The van der Waals surface area contributed by atoms with Crippen molar-refractivity contribution in [2.45, 2.75) is 0 Å². The molecule has 2 aromatic rings. The Morgan fingerprint density at radius 1 is 0.875 bits per heavy atom. The first-order valence-electron chi connectivity index (χ1n) is 5.10. The smallest absolute Gasteiger partial charge is 0.0649 e. The zero-order chi connectivity index (χ0) is 11.2. The Bertz CT molecular complexity index is 518. The molecule has 0 radical (unpaired) electrons. The number of hydrogen-bond donors (Lipinski definition) is 0. The van der Waals surface area contributed by atoms with Crippen LogP contribution in [0.15, 0.2) is 54.6 Å². The first kappa shape index (κ1) is 11.0. The molecule has 0 saturated carbocycles. The van der Waals surface area contributed by atoms with Gasteiger partial charge in [-0.05, 0) is 23.3 Å². The van der Waals surface area contributed by atoms with Crippen molar-refractivity contribution >= 4 is 15.9 Å². The van der Waals surface area contributed by atoms with Gasteiger partial charge in [-0.15, -0.1) is 0 Å². The zero-order valence-corrected chi connectivity index (χ0v) is 10.4. The molecule has 78 valence electrons. The molecule has 0 unspecified atom stereocenters. The summed E-state index contributed by atoms with van der Waals surface area (Å²) in [7, 11) is 0. The highest BCUT2D eigenvalue weighted by molar-refractivity contribution is 9.09. The lowest BCUT2D eigenvalue weighted by Gasteiger charge is -2.01. The lowest BCUT2D eigenvalue weighted by Crippen LogP contribution is -1.79. The largest absolute Gasteiger partial charge is 0.0863 e. The van der Waals surface area contributed by atoms with Gasteiger partial charge < -0.3 is 0 Å². The van der Waals surface area contributed by atoms with E-state index in [9.17, 15) is 0 Å². The van der Waals surface area contributed by atoms with Crippen molar-refractivity contribution < 1.29 is 0 Å². The first-order valence-corrected chi connectivity index (χ1v) is 6.22. The van der Waals surface area contributed by atoms with Crippen LogP contribution in [0.4, 0.5) is 0 Å². The summed E-state index contributed by atoms with van der Waals surface area (Å²) in [6.45, 7) is 0. The van der Waals surface area contributed by atoms with Crippen molar-refractivity contribution in [3.63, 3.8) is 0 Å². The molecule has 0 aliphatic carbocycles. The van der Waals surface area contributed by atoms with Crippen LogP contribution in [0.2, 0.25) is 0 Å². The molecule has 0 atom stereocenters. The average molecular weight is 271 g/mol. The first-order chi connectivity index (χ1) is 7.90. The fourth-order valence-electron chi connectivity index (χ4n) is 1.54. The molecule has 0 amide bonds. The molecule has 16 heavy (non-hydrogen) atoms. The molecular formula is C15H11Br. The Labute approximate surface area is 104 Å². The van der Waals surface area contributed by atoms with Crippen LogP contribution in [0.1, 0.15) is 5.56 Å². The van der Waals surface area contributed by atoms with E-state index >= 15 is 0 Å². The van der Waals surface area contributed by atoms with Gasteiger partial charge in [0.1, 0.15) is 0 Å². The Morgan fingerprint density at radius 3 is 2.38 bits per heavy atom. The fourth-order valence-corrected chi connectivity index (χ4v) is 1.68. The summed E-state index contributed by atoms with van der Waals surface area (Å²) in [4.78, 5) is 0. The third-order valence-electron chi connectivity index (χ3n) is 2.27. The Morgan fingerprint density at radius 2 is 1.62 bits per heavy atom. The van der Waals surface area contributed by atoms with Gasteiger partial charge in [-0.2, -0.15) is 0 Å². The predicted octanol–water partition coefficient (Wildman–Crippen LogP) is 4.10. The van der Waals surface area contributed by atoms with Gasteiger partial charge in [-0.3, -0.25) is 0 Å². The summed E-state index contributed by atoms with van der Waals surface area (Å²) in [5.41, 5.74) is 3.49. The molecule has 0 nitrogen and oxygen atoms in total. The molecule has 0 spiro atoms. The summed E-state index contributed by atoms with van der Waals surface area (Å²) in [6, 6.07) is 18.6. The number of alkyl halides is 1. The minimum Gasteiger partial charge on any atom is -0.0863 e. The summed E-state index contributed by atoms with van der Waals surface area (Å²) in [5, 5.41) is 0.711. The molecule has 1 heteroatoms. The van der Waals surface area contributed by atoms with Crippen molar-refractivity contribution in [2.75, 3.05) is 5.33 Å². The van der Waals surface area contributed by atoms with E-state index in [1.807, 2.05) is 30.3 Å². The zero-order valence-electron chi connectivity index (χ0n) is 8.78. The molecule has 0 N–H and O–H groups in total. The van der Waals surface area contributed by atoms with Crippen LogP contribution in [0.5, 0.6) is 0 Å². The van der Waals surface area contributed by atoms with Crippen molar-refractivity contribution in [3.8, 4) is 23.0 Å². The Balaban J connectivity index is 2.37. The van der Waals surface area contributed by atoms with Gasteiger partial charge in [0.25, 0.3) is 0 Å². The normalized spacial score (nSPS) is 9.31. The van der Waals surface area contributed by atoms with E-state index < -0.39 is 0 Å². The van der Waals surface area contributed by atoms with Crippen LogP contribution in [0.25, 0.3) is 11.1 Å². The van der Waals surface area contributed by atoms with E-state index in [0.717, 1.165) is 5.56 Å². The lowest BCUT2D eigenvalue weighted by atomic mass is 10.0. The second kappa shape index (κ2) is 5.53. The van der Waals surface area contributed by atoms with Crippen molar-refractivity contribution in [1.82, 2.24) is 0 Å². The second-order valence-corrected chi connectivity index (χ2v) is 3.94. The molecule has 0 aromatic heterocycles. The maximum absolute atomic E-state index is 3.30. The summed E-state index contributed by atoms with van der Waals surface area (Å²) in [5.74, 6) is 6.12. The maximum Gasteiger partial charge on any atom is 0.0649 e. The topological polar surface area (TPSA) is 0 Å². The molecule has 0 fully saturated rings. The van der Waals surface area contributed by atoms with Crippen molar-refractivity contribution in [3.05, 3.63) is 60.2 Å². The van der Waals surface area contributed by atoms with Crippen LogP contribution < -0.4 is 0 Å². The standard InChI is InChI=1S/C15H11Br/c16-11-5-7-13-6-4-10-15(12-13)14-8-2-1-3-9-14/h1-4,6,8-10,12H,11H2. The van der Waals surface area contributed by atoms with Crippen LogP contribution >= 0.6 is 15.9 Å². The van der Waals surface area contributed by atoms with Gasteiger partial charge in [0.05, 0.1) is 5.33 Å². The number of benzene rings is 2. The van der Waals surface area contributed by atoms with E-state index in [4.69, 9.17) is 0 Å². The molecular weight excluding hydrogens is 260 g/mol. The molecule has 2 rings (SSSR count). The highest BCUT2D eigenvalue weighted by atomic mass is 79.9. The summed E-state index contributed by atoms with van der Waals surface area (Å²) in [6.07, 6.45) is 0. The predicted molar refractivity (Wildman–Crippen MR) is 72.6 cm³/mol. The Kier molecular flexibility index (Phi) is 3.80. The monoisotopic (exact) mass is 270 g/mol. The van der Waals surface area contributed by atoms with E-state index in [0.29, 0.717) is 5.33 Å². The van der Waals surface area contributed by atoms with Crippen molar-refractivity contribution in [2.24, 2.45) is 0 Å². The lowest BCUT2D eigenvalue weighted by molar-refractivity contribution is 1.59. The van der Waals surface area contributed by atoms with Crippen LogP contribution in [-0.2, 0) is 0 Å². The fraction of sp³-hybridized carbons (Fsp3) is 0.0667. The maximum atomic E-state index is 3.30. The van der Waals surface area contributed by atoms with Crippen molar-refractivity contribution in [1.29, 1.82) is 0 Å². The van der Waals surface area contributed by atoms with E-state index in [1.54, 1.807) is 0 Å². The molecule has 0 heterocycles. The van der Waals surface area contributed by atoms with Crippen LogP contribution in [-0.4, -0.2) is 5.33 Å². The van der Waals surface area contributed by atoms with E-state index in [1.165, 1.54) is 11.1 Å².